The van der Waals surface area contributed by atoms with Gasteiger partial charge >= 0.3 is 0 Å². The van der Waals surface area contributed by atoms with E-state index in [2.05, 4.69) is 15.0 Å². The van der Waals surface area contributed by atoms with Crippen molar-refractivity contribution in [3.05, 3.63) is 18.3 Å². The van der Waals surface area contributed by atoms with Crippen LogP contribution in [0.3, 0.4) is 0 Å². The maximum Gasteiger partial charge on any atom is 0.241 e. The maximum atomic E-state index is 11.5. The predicted octanol–water partition coefficient (Wildman–Crippen LogP) is 0.809. The Morgan fingerprint density at radius 3 is 2.53 bits per heavy atom. The molecule has 0 aromatic carbocycles. The largest absolute Gasteiger partial charge is 0.391 e. The Balaban J connectivity index is 2.58. The van der Waals surface area contributed by atoms with Crippen molar-refractivity contribution in [1.82, 2.24) is 9.71 Å². The van der Waals surface area contributed by atoms with Crippen molar-refractivity contribution < 1.29 is 13.5 Å². The molecule has 1 heterocycles. The second-order valence-electron chi connectivity index (χ2n) is 4.75. The lowest BCUT2D eigenvalue weighted by atomic mass is 10.1. The lowest BCUT2D eigenvalue weighted by molar-refractivity contribution is 0.161. The summed E-state index contributed by atoms with van der Waals surface area (Å²) in [4.78, 5) is 4.12. The van der Waals surface area contributed by atoms with Gasteiger partial charge in [0.25, 0.3) is 0 Å². The molecule has 6 nitrogen and oxygen atoms in total. The first-order chi connectivity index (χ1) is 8.85. The number of sulfonamides is 1. The SMILES string of the molecule is CNS(=O)(=O)c1ccc(NCC(O)CC(C)C)nc1. The molecule has 1 rings (SSSR count). The van der Waals surface area contributed by atoms with Gasteiger partial charge in [-0.3, -0.25) is 0 Å². The van der Waals surface area contributed by atoms with Crippen molar-refractivity contribution in [2.45, 2.75) is 31.3 Å². The highest BCUT2D eigenvalue weighted by atomic mass is 32.2. The van der Waals surface area contributed by atoms with Crippen LogP contribution < -0.4 is 10.0 Å². The number of nitrogens with one attached hydrogen (secondary N) is 2. The van der Waals surface area contributed by atoms with Crippen molar-refractivity contribution in [2.75, 3.05) is 18.9 Å². The zero-order valence-electron chi connectivity index (χ0n) is 11.4. The fraction of sp³-hybridized carbons (Fsp3) is 0.583. The number of hydrogen-bond acceptors (Lipinski definition) is 5. The van der Waals surface area contributed by atoms with Crippen molar-refractivity contribution in [3.8, 4) is 0 Å². The minimum Gasteiger partial charge on any atom is -0.391 e. The zero-order chi connectivity index (χ0) is 14.5. The summed E-state index contributed by atoms with van der Waals surface area (Å²) in [6, 6.07) is 3.04. The average Bonchev–Trinajstić information content (AvgIpc) is 2.36. The molecule has 1 atom stereocenters. The van der Waals surface area contributed by atoms with E-state index < -0.39 is 16.1 Å². The fourth-order valence-electron chi connectivity index (χ4n) is 1.61. The third-order valence-corrected chi connectivity index (χ3v) is 3.98. The molecule has 0 amide bonds. The first kappa shape index (κ1) is 15.9. The van der Waals surface area contributed by atoms with Crippen molar-refractivity contribution in [1.29, 1.82) is 0 Å². The Bertz CT molecular complexity index is 485. The summed E-state index contributed by atoms with van der Waals surface area (Å²) in [5, 5.41) is 12.7. The van der Waals surface area contributed by atoms with Gasteiger partial charge in [-0.1, -0.05) is 13.8 Å². The summed E-state index contributed by atoms with van der Waals surface area (Å²) in [6.07, 6.45) is 1.55. The van der Waals surface area contributed by atoms with Gasteiger partial charge in [-0.15, -0.1) is 0 Å². The molecule has 19 heavy (non-hydrogen) atoms. The van der Waals surface area contributed by atoms with Crippen molar-refractivity contribution in [2.24, 2.45) is 5.92 Å². The smallest absolute Gasteiger partial charge is 0.241 e. The van der Waals surface area contributed by atoms with Gasteiger partial charge in [0.1, 0.15) is 10.7 Å². The first-order valence-electron chi connectivity index (χ1n) is 6.16. The lowest BCUT2D eigenvalue weighted by Crippen LogP contribution is -2.22. The van der Waals surface area contributed by atoms with Crippen LogP contribution in [0.2, 0.25) is 0 Å². The minimum atomic E-state index is -3.45. The Morgan fingerprint density at radius 1 is 1.37 bits per heavy atom. The monoisotopic (exact) mass is 287 g/mol. The number of aliphatic hydroxyl groups is 1. The van der Waals surface area contributed by atoms with Gasteiger partial charge in [-0.05, 0) is 31.5 Å². The molecule has 0 bridgehead atoms. The Hall–Kier alpha value is -1.18. The van der Waals surface area contributed by atoms with E-state index in [1.54, 1.807) is 6.07 Å². The first-order valence-corrected chi connectivity index (χ1v) is 7.65. The molecule has 108 valence electrons. The third kappa shape index (κ3) is 5.14. The van der Waals surface area contributed by atoms with E-state index in [4.69, 9.17) is 0 Å². The van der Waals surface area contributed by atoms with Crippen LogP contribution in [-0.4, -0.2) is 38.2 Å². The number of hydrogen-bond donors (Lipinski definition) is 3. The molecule has 3 N–H and O–H groups in total. The quantitative estimate of drug-likeness (QED) is 0.690. The number of pyridine rings is 1. The van der Waals surface area contributed by atoms with E-state index in [1.165, 1.54) is 19.3 Å². The zero-order valence-corrected chi connectivity index (χ0v) is 12.2. The standard InChI is InChI=1S/C12H21N3O3S/c1-9(2)6-10(16)7-14-12-5-4-11(8-15-12)19(17,18)13-3/h4-5,8-10,13,16H,6-7H2,1-3H3,(H,14,15). The third-order valence-electron chi connectivity index (χ3n) is 2.58. The molecule has 0 spiro atoms. The van der Waals surface area contributed by atoms with Gasteiger partial charge in [0.05, 0.1) is 6.10 Å². The normalized spacial score (nSPS) is 13.5. The van der Waals surface area contributed by atoms with Crippen LogP contribution in [0.15, 0.2) is 23.2 Å². The summed E-state index contributed by atoms with van der Waals surface area (Å²) in [5.41, 5.74) is 0. The molecule has 0 radical (unpaired) electrons. The summed E-state index contributed by atoms with van der Waals surface area (Å²) < 4.78 is 25.2. The van der Waals surface area contributed by atoms with Gasteiger partial charge in [0, 0.05) is 12.7 Å². The lowest BCUT2D eigenvalue weighted by Gasteiger charge is -2.14. The Labute approximate surface area is 114 Å². The summed E-state index contributed by atoms with van der Waals surface area (Å²) >= 11 is 0. The predicted molar refractivity (Wildman–Crippen MR) is 74.4 cm³/mol. The van der Waals surface area contributed by atoms with Crippen LogP contribution in [0.1, 0.15) is 20.3 Å². The van der Waals surface area contributed by atoms with Crippen LogP contribution in [0.25, 0.3) is 0 Å². The maximum absolute atomic E-state index is 11.5. The van der Waals surface area contributed by atoms with Crippen LogP contribution in [0.4, 0.5) is 5.82 Å². The van der Waals surface area contributed by atoms with E-state index in [0.29, 0.717) is 24.7 Å². The molecule has 1 aromatic heterocycles. The number of nitrogens with zero attached hydrogens (tertiary/aromatic N) is 1. The molecule has 0 aliphatic rings. The number of anilines is 1. The van der Waals surface area contributed by atoms with E-state index in [9.17, 15) is 13.5 Å². The molecular weight excluding hydrogens is 266 g/mol. The van der Waals surface area contributed by atoms with E-state index >= 15 is 0 Å². The summed E-state index contributed by atoms with van der Waals surface area (Å²) in [7, 11) is -2.10. The number of aromatic nitrogens is 1. The molecule has 0 aliphatic carbocycles. The molecule has 0 saturated heterocycles. The molecule has 1 unspecified atom stereocenters. The van der Waals surface area contributed by atoms with Crippen LogP contribution in [0, 0.1) is 5.92 Å². The van der Waals surface area contributed by atoms with Gasteiger partial charge in [0.2, 0.25) is 10.0 Å². The van der Waals surface area contributed by atoms with Crippen LogP contribution in [-0.2, 0) is 10.0 Å². The average molecular weight is 287 g/mol. The van der Waals surface area contributed by atoms with E-state index in [-0.39, 0.29) is 4.90 Å². The molecule has 0 fully saturated rings. The second-order valence-corrected chi connectivity index (χ2v) is 6.64. The Morgan fingerprint density at radius 2 is 2.05 bits per heavy atom. The van der Waals surface area contributed by atoms with Crippen molar-refractivity contribution >= 4 is 15.8 Å². The summed E-state index contributed by atoms with van der Waals surface area (Å²) in [5.74, 6) is 0.964. The highest BCUT2D eigenvalue weighted by molar-refractivity contribution is 7.89. The van der Waals surface area contributed by atoms with Crippen LogP contribution in [0.5, 0.6) is 0 Å². The number of aliphatic hydroxyl groups excluding tert-OH is 1. The topological polar surface area (TPSA) is 91.3 Å². The van der Waals surface area contributed by atoms with Gasteiger partial charge in [-0.2, -0.15) is 0 Å². The highest BCUT2D eigenvalue weighted by Gasteiger charge is 2.12. The van der Waals surface area contributed by atoms with Gasteiger partial charge < -0.3 is 10.4 Å². The van der Waals surface area contributed by atoms with E-state index in [1.807, 2.05) is 13.8 Å². The van der Waals surface area contributed by atoms with Crippen molar-refractivity contribution in [3.63, 3.8) is 0 Å². The molecule has 7 heteroatoms. The van der Waals surface area contributed by atoms with Gasteiger partial charge in [-0.25, -0.2) is 18.1 Å². The van der Waals surface area contributed by atoms with Gasteiger partial charge in [0.15, 0.2) is 0 Å². The minimum absolute atomic E-state index is 0.114. The molecule has 0 saturated carbocycles. The molecule has 0 aliphatic heterocycles. The Kier molecular flexibility index (Phi) is 5.71. The van der Waals surface area contributed by atoms with E-state index in [0.717, 1.165) is 0 Å². The fourth-order valence-corrected chi connectivity index (χ4v) is 2.29. The number of rotatable bonds is 7. The molecule has 1 aromatic rings. The molecular formula is C12H21N3O3S. The highest BCUT2D eigenvalue weighted by Crippen LogP contribution is 2.11. The summed E-state index contributed by atoms with van der Waals surface area (Å²) in [6.45, 7) is 4.47. The van der Waals surface area contributed by atoms with Crippen LogP contribution >= 0.6 is 0 Å². The second kappa shape index (κ2) is 6.83.